The standard InChI is InChI=1S/C9H12N2O2.CH5N/c1-6(12)11-8-3-2-7(5-10)9(13)4-8;1-2/h2-4,13H,5,10H2,1H3,(H,11,12);2H2,1H3. The third-order valence-corrected chi connectivity index (χ3v) is 1.63. The zero-order valence-corrected chi connectivity index (χ0v) is 8.95. The van der Waals surface area contributed by atoms with Gasteiger partial charge in [0, 0.05) is 30.8 Å². The van der Waals surface area contributed by atoms with E-state index in [2.05, 4.69) is 11.1 Å². The predicted octanol–water partition coefficient (Wildman–Crippen LogP) is 0.384. The van der Waals surface area contributed by atoms with E-state index in [-0.39, 0.29) is 18.2 Å². The summed E-state index contributed by atoms with van der Waals surface area (Å²) in [5.74, 6) is -0.0614. The first-order chi connectivity index (χ1) is 7.13. The van der Waals surface area contributed by atoms with Gasteiger partial charge in [-0.05, 0) is 13.1 Å². The number of nitrogens with two attached hydrogens (primary N) is 2. The van der Waals surface area contributed by atoms with Crippen LogP contribution in [0.1, 0.15) is 12.5 Å². The van der Waals surface area contributed by atoms with Crippen molar-refractivity contribution in [2.24, 2.45) is 11.5 Å². The number of aromatic hydroxyl groups is 1. The molecule has 1 rings (SSSR count). The summed E-state index contributed by atoms with van der Waals surface area (Å²) in [5, 5.41) is 11.9. The Morgan fingerprint density at radius 3 is 2.47 bits per heavy atom. The molecule has 0 aliphatic carbocycles. The number of phenols is 1. The maximum absolute atomic E-state index is 10.7. The van der Waals surface area contributed by atoms with Gasteiger partial charge in [0.25, 0.3) is 0 Å². The number of carbonyl (C=O) groups is 1. The van der Waals surface area contributed by atoms with Gasteiger partial charge in [0.05, 0.1) is 0 Å². The smallest absolute Gasteiger partial charge is 0.221 e. The van der Waals surface area contributed by atoms with Crippen LogP contribution in [0.15, 0.2) is 18.2 Å². The molecule has 0 aromatic heterocycles. The maximum atomic E-state index is 10.7. The summed E-state index contributed by atoms with van der Waals surface area (Å²) in [6.07, 6.45) is 0. The molecule has 5 heteroatoms. The molecule has 0 saturated heterocycles. The van der Waals surface area contributed by atoms with E-state index >= 15 is 0 Å². The van der Waals surface area contributed by atoms with Gasteiger partial charge in [-0.3, -0.25) is 4.79 Å². The van der Waals surface area contributed by atoms with Gasteiger partial charge in [-0.25, -0.2) is 0 Å². The molecule has 0 atom stereocenters. The Bertz CT molecular complexity index is 326. The number of rotatable bonds is 2. The molecule has 1 amide bonds. The first kappa shape index (κ1) is 13.4. The highest BCUT2D eigenvalue weighted by Crippen LogP contribution is 2.21. The van der Waals surface area contributed by atoms with Crippen LogP contribution in [0.4, 0.5) is 5.69 Å². The van der Waals surface area contributed by atoms with E-state index in [9.17, 15) is 9.90 Å². The summed E-state index contributed by atoms with van der Waals surface area (Å²) < 4.78 is 0. The van der Waals surface area contributed by atoms with E-state index in [0.717, 1.165) is 0 Å². The van der Waals surface area contributed by atoms with E-state index in [4.69, 9.17) is 5.73 Å². The molecule has 0 fully saturated rings. The van der Waals surface area contributed by atoms with Crippen molar-refractivity contribution in [1.82, 2.24) is 0 Å². The van der Waals surface area contributed by atoms with Crippen molar-refractivity contribution in [2.45, 2.75) is 13.5 Å². The summed E-state index contributed by atoms with van der Waals surface area (Å²) in [5.41, 5.74) is 11.1. The number of anilines is 1. The van der Waals surface area contributed by atoms with Crippen LogP contribution < -0.4 is 16.8 Å². The third kappa shape index (κ3) is 4.44. The summed E-state index contributed by atoms with van der Waals surface area (Å²) >= 11 is 0. The molecule has 0 heterocycles. The zero-order valence-electron chi connectivity index (χ0n) is 8.95. The average Bonchev–Trinajstić information content (AvgIpc) is 2.20. The second kappa shape index (κ2) is 6.80. The lowest BCUT2D eigenvalue weighted by molar-refractivity contribution is -0.114. The highest BCUT2D eigenvalue weighted by molar-refractivity contribution is 5.88. The van der Waals surface area contributed by atoms with Gasteiger partial charge in [0.2, 0.25) is 5.91 Å². The van der Waals surface area contributed by atoms with Crippen molar-refractivity contribution in [1.29, 1.82) is 0 Å². The Morgan fingerprint density at radius 1 is 1.47 bits per heavy atom. The van der Waals surface area contributed by atoms with E-state index < -0.39 is 0 Å². The minimum Gasteiger partial charge on any atom is -0.508 e. The third-order valence-electron chi connectivity index (χ3n) is 1.63. The minimum absolute atomic E-state index is 0.105. The van der Waals surface area contributed by atoms with Crippen molar-refractivity contribution >= 4 is 11.6 Å². The number of hydrogen-bond acceptors (Lipinski definition) is 4. The van der Waals surface area contributed by atoms with Gasteiger partial charge in [-0.15, -0.1) is 0 Å². The van der Waals surface area contributed by atoms with Crippen LogP contribution in [0.2, 0.25) is 0 Å². The van der Waals surface area contributed by atoms with Crippen LogP contribution in [0.25, 0.3) is 0 Å². The summed E-state index contributed by atoms with van der Waals surface area (Å²) in [7, 11) is 1.50. The molecule has 1 aromatic carbocycles. The van der Waals surface area contributed by atoms with Gasteiger partial charge >= 0.3 is 0 Å². The Morgan fingerprint density at radius 2 is 2.07 bits per heavy atom. The first-order valence-electron chi connectivity index (χ1n) is 4.50. The molecule has 0 unspecified atom stereocenters. The lowest BCUT2D eigenvalue weighted by atomic mass is 10.2. The fraction of sp³-hybridized carbons (Fsp3) is 0.300. The number of benzene rings is 1. The number of phenolic OH excluding ortho intramolecular Hbond substituents is 1. The molecule has 0 spiro atoms. The van der Waals surface area contributed by atoms with Crippen LogP contribution in [-0.2, 0) is 11.3 Å². The molecule has 0 radical (unpaired) electrons. The van der Waals surface area contributed by atoms with Crippen molar-refractivity contribution in [3.05, 3.63) is 23.8 Å². The van der Waals surface area contributed by atoms with Gasteiger partial charge in [0.15, 0.2) is 0 Å². The number of carbonyl (C=O) groups excluding carboxylic acids is 1. The number of amides is 1. The monoisotopic (exact) mass is 211 g/mol. The van der Waals surface area contributed by atoms with E-state index in [1.807, 2.05) is 0 Å². The molecule has 0 saturated carbocycles. The van der Waals surface area contributed by atoms with Gasteiger partial charge in [0.1, 0.15) is 5.75 Å². The molecule has 0 aliphatic heterocycles. The second-order valence-corrected chi connectivity index (χ2v) is 2.73. The second-order valence-electron chi connectivity index (χ2n) is 2.73. The summed E-state index contributed by atoms with van der Waals surface area (Å²) in [4.78, 5) is 10.7. The van der Waals surface area contributed by atoms with Crippen molar-refractivity contribution in [3.63, 3.8) is 0 Å². The highest BCUT2D eigenvalue weighted by atomic mass is 16.3. The van der Waals surface area contributed by atoms with E-state index in [1.54, 1.807) is 12.1 Å². The predicted molar refractivity (Wildman–Crippen MR) is 60.4 cm³/mol. The molecule has 0 bridgehead atoms. The van der Waals surface area contributed by atoms with E-state index in [1.165, 1.54) is 20.0 Å². The molecule has 84 valence electrons. The Hall–Kier alpha value is -1.59. The van der Waals surface area contributed by atoms with Crippen LogP contribution in [0.5, 0.6) is 5.75 Å². The minimum atomic E-state index is -0.167. The van der Waals surface area contributed by atoms with Crippen LogP contribution >= 0.6 is 0 Å². The fourth-order valence-corrected chi connectivity index (χ4v) is 1.02. The molecule has 1 aromatic rings. The van der Waals surface area contributed by atoms with Crippen molar-refractivity contribution < 1.29 is 9.90 Å². The Kier molecular flexibility index (Phi) is 6.08. The maximum Gasteiger partial charge on any atom is 0.221 e. The quantitative estimate of drug-likeness (QED) is 0.568. The lowest BCUT2D eigenvalue weighted by Crippen LogP contribution is -2.06. The van der Waals surface area contributed by atoms with Gasteiger partial charge in [-0.2, -0.15) is 0 Å². The molecule has 0 aliphatic rings. The lowest BCUT2D eigenvalue weighted by Gasteiger charge is -2.05. The first-order valence-corrected chi connectivity index (χ1v) is 4.50. The SMILES string of the molecule is CC(=O)Nc1ccc(CN)c(O)c1.CN. The van der Waals surface area contributed by atoms with Crippen molar-refractivity contribution in [2.75, 3.05) is 12.4 Å². The van der Waals surface area contributed by atoms with Crippen LogP contribution in [0.3, 0.4) is 0 Å². The van der Waals surface area contributed by atoms with Crippen LogP contribution in [0, 0.1) is 0 Å². The highest BCUT2D eigenvalue weighted by Gasteiger charge is 2.01. The molecular formula is C10H17N3O2. The number of nitrogens with one attached hydrogen (secondary N) is 1. The largest absolute Gasteiger partial charge is 0.508 e. The van der Waals surface area contributed by atoms with Crippen LogP contribution in [-0.4, -0.2) is 18.1 Å². The topological polar surface area (TPSA) is 101 Å². The van der Waals surface area contributed by atoms with Crippen molar-refractivity contribution in [3.8, 4) is 5.75 Å². The molecular weight excluding hydrogens is 194 g/mol. The normalized spacial score (nSPS) is 8.80. The molecule has 15 heavy (non-hydrogen) atoms. The fourth-order valence-electron chi connectivity index (χ4n) is 1.02. The zero-order chi connectivity index (χ0) is 11.8. The molecule has 6 N–H and O–H groups in total. The summed E-state index contributed by atoms with van der Waals surface area (Å²) in [6, 6.07) is 4.85. The van der Waals surface area contributed by atoms with E-state index in [0.29, 0.717) is 11.3 Å². The summed E-state index contributed by atoms with van der Waals surface area (Å²) in [6.45, 7) is 1.69. The van der Waals surface area contributed by atoms with Gasteiger partial charge < -0.3 is 21.9 Å². The molecule has 5 nitrogen and oxygen atoms in total. The average molecular weight is 211 g/mol. The van der Waals surface area contributed by atoms with Gasteiger partial charge in [-0.1, -0.05) is 6.07 Å². The Labute approximate surface area is 89.1 Å². The number of hydrogen-bond donors (Lipinski definition) is 4. The Balaban J connectivity index is 0.000000921.